The minimum atomic E-state index is 0.323. The van der Waals surface area contributed by atoms with Gasteiger partial charge in [0.1, 0.15) is 5.75 Å². The molecular weight excluding hydrogens is 248 g/mol. The van der Waals surface area contributed by atoms with Crippen LogP contribution in [0.3, 0.4) is 0 Å². The predicted molar refractivity (Wildman–Crippen MR) is 75.4 cm³/mol. The lowest BCUT2D eigenvalue weighted by Crippen LogP contribution is -2.24. The van der Waals surface area contributed by atoms with Gasteiger partial charge in [-0.25, -0.2) is 0 Å². The van der Waals surface area contributed by atoms with Crippen LogP contribution in [-0.2, 0) is 0 Å². The molecule has 2 rings (SSSR count). The van der Waals surface area contributed by atoms with E-state index >= 15 is 0 Å². The number of nitrogens with two attached hydrogens (primary N) is 1. The average Bonchev–Trinajstić information content (AvgIpc) is 2.77. The summed E-state index contributed by atoms with van der Waals surface area (Å²) < 4.78 is 5.44. The van der Waals surface area contributed by atoms with Crippen LogP contribution < -0.4 is 10.5 Å². The molecule has 0 bridgehead atoms. The Labute approximate surface area is 114 Å². The van der Waals surface area contributed by atoms with Crippen molar-refractivity contribution < 1.29 is 4.74 Å². The fraction of sp³-hybridized carbons (Fsp3) is 0.571. The third kappa shape index (κ3) is 2.79. The molecule has 2 N–H and O–H groups in total. The Kier molecular flexibility index (Phi) is 4.49. The summed E-state index contributed by atoms with van der Waals surface area (Å²) in [5.41, 5.74) is 7.13. The summed E-state index contributed by atoms with van der Waals surface area (Å²) in [4.78, 5) is 2.35. The van der Waals surface area contributed by atoms with Crippen molar-refractivity contribution in [3.8, 4) is 5.75 Å². The number of methoxy groups -OCH3 is 1. The van der Waals surface area contributed by atoms with Gasteiger partial charge in [-0.05, 0) is 50.7 Å². The van der Waals surface area contributed by atoms with Crippen LogP contribution in [0.1, 0.15) is 17.9 Å². The zero-order chi connectivity index (χ0) is 13.1. The van der Waals surface area contributed by atoms with E-state index in [1.807, 2.05) is 18.2 Å². The largest absolute Gasteiger partial charge is 0.496 e. The topological polar surface area (TPSA) is 38.5 Å². The zero-order valence-electron chi connectivity index (χ0n) is 11.0. The molecule has 1 fully saturated rings. The summed E-state index contributed by atoms with van der Waals surface area (Å²) in [6.45, 7) is 2.87. The van der Waals surface area contributed by atoms with Crippen molar-refractivity contribution in [2.75, 3.05) is 33.8 Å². The second kappa shape index (κ2) is 5.91. The van der Waals surface area contributed by atoms with Crippen LogP contribution in [-0.4, -0.2) is 38.7 Å². The zero-order valence-corrected chi connectivity index (χ0v) is 11.8. The van der Waals surface area contributed by atoms with Crippen LogP contribution in [0.4, 0.5) is 0 Å². The Morgan fingerprint density at radius 1 is 1.56 bits per heavy atom. The Bertz CT molecular complexity index is 411. The van der Waals surface area contributed by atoms with Crippen LogP contribution >= 0.6 is 11.6 Å². The maximum Gasteiger partial charge on any atom is 0.122 e. The molecule has 1 aliphatic rings. The number of nitrogens with zero attached hydrogens (tertiary/aromatic N) is 1. The molecular formula is C14H21ClN2O. The van der Waals surface area contributed by atoms with Crippen molar-refractivity contribution in [3.05, 3.63) is 28.8 Å². The standard InChI is InChI=1S/C14H21ClN2O/c1-17-6-5-10(9-17)13(8-16)12-7-11(15)3-4-14(12)18-2/h3-4,7,10,13H,5-6,8-9,16H2,1-2H3. The number of ether oxygens (including phenoxy) is 1. The Morgan fingerprint density at radius 2 is 2.33 bits per heavy atom. The maximum atomic E-state index is 6.10. The lowest BCUT2D eigenvalue weighted by atomic mass is 9.85. The summed E-state index contributed by atoms with van der Waals surface area (Å²) in [6.07, 6.45) is 1.19. The number of hydrogen-bond donors (Lipinski definition) is 1. The van der Waals surface area contributed by atoms with Gasteiger partial charge in [-0.2, -0.15) is 0 Å². The van der Waals surface area contributed by atoms with Gasteiger partial charge >= 0.3 is 0 Å². The van der Waals surface area contributed by atoms with E-state index < -0.39 is 0 Å². The first kappa shape index (κ1) is 13.7. The van der Waals surface area contributed by atoms with Crippen LogP contribution in [0.15, 0.2) is 18.2 Å². The SMILES string of the molecule is COc1ccc(Cl)cc1C(CN)C1CCN(C)C1. The minimum absolute atomic E-state index is 0.323. The molecule has 1 saturated heterocycles. The highest BCUT2D eigenvalue weighted by Crippen LogP contribution is 2.37. The fourth-order valence-corrected chi connectivity index (χ4v) is 3.05. The van der Waals surface area contributed by atoms with Gasteiger partial charge in [0.05, 0.1) is 7.11 Å². The van der Waals surface area contributed by atoms with E-state index in [1.165, 1.54) is 6.42 Å². The Balaban J connectivity index is 2.29. The molecule has 100 valence electrons. The van der Waals surface area contributed by atoms with Gasteiger partial charge < -0.3 is 15.4 Å². The number of hydrogen-bond acceptors (Lipinski definition) is 3. The molecule has 18 heavy (non-hydrogen) atoms. The third-order valence-electron chi connectivity index (χ3n) is 3.84. The number of likely N-dealkylation sites (tertiary alicyclic amines) is 1. The molecule has 1 heterocycles. The number of rotatable bonds is 4. The fourth-order valence-electron chi connectivity index (χ4n) is 2.87. The molecule has 3 nitrogen and oxygen atoms in total. The second-order valence-electron chi connectivity index (χ2n) is 5.04. The van der Waals surface area contributed by atoms with Crippen molar-refractivity contribution in [2.45, 2.75) is 12.3 Å². The van der Waals surface area contributed by atoms with Gasteiger partial charge in [-0.15, -0.1) is 0 Å². The molecule has 0 radical (unpaired) electrons. The van der Waals surface area contributed by atoms with Crippen LogP contribution in [0, 0.1) is 5.92 Å². The van der Waals surface area contributed by atoms with Crippen molar-refractivity contribution in [1.82, 2.24) is 4.90 Å². The molecule has 2 atom stereocenters. The number of benzene rings is 1. The van der Waals surface area contributed by atoms with E-state index in [0.717, 1.165) is 29.4 Å². The number of halogens is 1. The summed E-state index contributed by atoms with van der Waals surface area (Å²) in [7, 11) is 3.85. The molecule has 0 aliphatic carbocycles. The van der Waals surface area contributed by atoms with Crippen molar-refractivity contribution in [2.24, 2.45) is 11.7 Å². The lowest BCUT2D eigenvalue weighted by molar-refractivity contribution is 0.360. The molecule has 1 aromatic carbocycles. The second-order valence-corrected chi connectivity index (χ2v) is 5.48. The van der Waals surface area contributed by atoms with Gasteiger partial charge in [-0.1, -0.05) is 11.6 Å². The van der Waals surface area contributed by atoms with E-state index in [9.17, 15) is 0 Å². The first-order chi connectivity index (χ1) is 8.65. The van der Waals surface area contributed by atoms with Crippen LogP contribution in [0.5, 0.6) is 5.75 Å². The molecule has 4 heteroatoms. The highest BCUT2D eigenvalue weighted by molar-refractivity contribution is 6.30. The monoisotopic (exact) mass is 268 g/mol. The van der Waals surface area contributed by atoms with Crippen LogP contribution in [0.25, 0.3) is 0 Å². The van der Waals surface area contributed by atoms with E-state index in [0.29, 0.717) is 18.4 Å². The summed E-state index contributed by atoms with van der Waals surface area (Å²) in [5, 5.41) is 0.746. The smallest absolute Gasteiger partial charge is 0.122 e. The molecule has 0 saturated carbocycles. The molecule has 1 aromatic rings. The molecule has 1 aliphatic heterocycles. The highest BCUT2D eigenvalue weighted by Gasteiger charge is 2.29. The predicted octanol–water partition coefficient (Wildman–Crippen LogP) is 2.34. The Morgan fingerprint density at radius 3 is 2.89 bits per heavy atom. The lowest BCUT2D eigenvalue weighted by Gasteiger charge is -2.24. The minimum Gasteiger partial charge on any atom is -0.496 e. The van der Waals surface area contributed by atoms with Gasteiger partial charge in [0, 0.05) is 23.0 Å². The molecule has 0 spiro atoms. The average molecular weight is 269 g/mol. The Hall–Kier alpha value is -0.770. The van der Waals surface area contributed by atoms with E-state index in [1.54, 1.807) is 7.11 Å². The summed E-state index contributed by atoms with van der Waals surface area (Å²) >= 11 is 6.10. The normalized spacial score (nSPS) is 22.1. The highest BCUT2D eigenvalue weighted by atomic mass is 35.5. The van der Waals surface area contributed by atoms with E-state index in [2.05, 4.69) is 11.9 Å². The van der Waals surface area contributed by atoms with Crippen molar-refractivity contribution in [3.63, 3.8) is 0 Å². The summed E-state index contributed by atoms with van der Waals surface area (Å²) in [5.74, 6) is 1.81. The third-order valence-corrected chi connectivity index (χ3v) is 4.08. The quantitative estimate of drug-likeness (QED) is 0.911. The van der Waals surface area contributed by atoms with Crippen molar-refractivity contribution >= 4 is 11.6 Å². The molecule has 0 aromatic heterocycles. The maximum absolute atomic E-state index is 6.10. The van der Waals surface area contributed by atoms with Crippen molar-refractivity contribution in [1.29, 1.82) is 0 Å². The molecule has 0 amide bonds. The van der Waals surface area contributed by atoms with E-state index in [-0.39, 0.29) is 0 Å². The first-order valence-electron chi connectivity index (χ1n) is 6.37. The first-order valence-corrected chi connectivity index (χ1v) is 6.75. The van der Waals surface area contributed by atoms with Gasteiger partial charge in [0.25, 0.3) is 0 Å². The summed E-state index contributed by atoms with van der Waals surface area (Å²) in [6, 6.07) is 5.79. The van der Waals surface area contributed by atoms with E-state index in [4.69, 9.17) is 22.1 Å². The van der Waals surface area contributed by atoms with Gasteiger partial charge in [0.2, 0.25) is 0 Å². The van der Waals surface area contributed by atoms with Gasteiger partial charge in [0.15, 0.2) is 0 Å². The molecule has 2 unspecified atom stereocenters. The van der Waals surface area contributed by atoms with Crippen LogP contribution in [0.2, 0.25) is 5.02 Å². The van der Waals surface area contributed by atoms with Gasteiger partial charge in [-0.3, -0.25) is 0 Å².